The maximum atomic E-state index is 12.4. The van der Waals surface area contributed by atoms with Crippen molar-refractivity contribution in [2.24, 2.45) is 0 Å². The van der Waals surface area contributed by atoms with Crippen LogP contribution in [-0.4, -0.2) is 44.8 Å². The Kier molecular flexibility index (Phi) is 6.19. The van der Waals surface area contributed by atoms with Gasteiger partial charge in [0, 0.05) is 26.6 Å². The van der Waals surface area contributed by atoms with E-state index in [1.165, 1.54) is 11.1 Å². The maximum absolute atomic E-state index is 12.4. The SMILES string of the molecule is COc1ccc(CNC(=O)N(C)CC2Cc3ccccc3CO2)cc1OC. The molecule has 1 heterocycles. The molecule has 27 heavy (non-hydrogen) atoms. The normalized spacial score (nSPS) is 15.6. The van der Waals surface area contributed by atoms with Crippen LogP contribution >= 0.6 is 0 Å². The van der Waals surface area contributed by atoms with Crippen LogP contribution < -0.4 is 14.8 Å². The molecule has 0 aromatic heterocycles. The average molecular weight is 370 g/mol. The number of nitrogens with one attached hydrogen (secondary N) is 1. The van der Waals surface area contributed by atoms with Gasteiger partial charge in [0.15, 0.2) is 11.5 Å². The van der Waals surface area contributed by atoms with Crippen molar-refractivity contribution in [2.75, 3.05) is 27.8 Å². The fourth-order valence-electron chi connectivity index (χ4n) is 3.22. The number of rotatable bonds is 6. The van der Waals surface area contributed by atoms with Gasteiger partial charge in [-0.2, -0.15) is 0 Å². The molecule has 0 radical (unpaired) electrons. The molecule has 1 aliphatic rings. The van der Waals surface area contributed by atoms with Crippen LogP contribution in [0, 0.1) is 0 Å². The molecule has 1 N–H and O–H groups in total. The fraction of sp³-hybridized carbons (Fsp3) is 0.381. The first-order valence-electron chi connectivity index (χ1n) is 8.99. The largest absolute Gasteiger partial charge is 0.493 e. The summed E-state index contributed by atoms with van der Waals surface area (Å²) in [4.78, 5) is 14.1. The van der Waals surface area contributed by atoms with E-state index in [-0.39, 0.29) is 12.1 Å². The molecule has 2 amide bonds. The maximum Gasteiger partial charge on any atom is 0.317 e. The van der Waals surface area contributed by atoms with Gasteiger partial charge in [0.25, 0.3) is 0 Å². The number of hydrogen-bond acceptors (Lipinski definition) is 4. The fourth-order valence-corrected chi connectivity index (χ4v) is 3.22. The zero-order valence-electron chi connectivity index (χ0n) is 16.0. The Labute approximate surface area is 160 Å². The summed E-state index contributed by atoms with van der Waals surface area (Å²) in [6.07, 6.45) is 0.834. The van der Waals surface area contributed by atoms with E-state index in [1.807, 2.05) is 30.3 Å². The molecule has 0 saturated heterocycles. The van der Waals surface area contributed by atoms with Crippen molar-refractivity contribution in [3.05, 3.63) is 59.2 Å². The average Bonchev–Trinajstić information content (AvgIpc) is 2.71. The van der Waals surface area contributed by atoms with E-state index in [0.717, 1.165) is 12.0 Å². The third kappa shape index (κ3) is 4.71. The minimum atomic E-state index is -0.132. The van der Waals surface area contributed by atoms with Crippen molar-refractivity contribution < 1.29 is 19.0 Å². The van der Waals surface area contributed by atoms with Crippen LogP contribution in [-0.2, 0) is 24.3 Å². The Morgan fingerprint density at radius 3 is 2.63 bits per heavy atom. The smallest absolute Gasteiger partial charge is 0.317 e. The molecule has 3 rings (SSSR count). The molecule has 6 heteroatoms. The topological polar surface area (TPSA) is 60.0 Å². The number of carbonyl (C=O) groups excluding carboxylic acids is 1. The van der Waals surface area contributed by atoms with Crippen LogP contribution in [0.25, 0.3) is 0 Å². The predicted octanol–water partition coefficient (Wildman–Crippen LogP) is 2.99. The quantitative estimate of drug-likeness (QED) is 0.849. The summed E-state index contributed by atoms with van der Waals surface area (Å²) in [7, 11) is 4.98. The summed E-state index contributed by atoms with van der Waals surface area (Å²) in [5, 5.41) is 2.93. The van der Waals surface area contributed by atoms with Gasteiger partial charge in [-0.25, -0.2) is 4.79 Å². The van der Waals surface area contributed by atoms with Gasteiger partial charge in [0.1, 0.15) is 0 Å². The minimum Gasteiger partial charge on any atom is -0.493 e. The Balaban J connectivity index is 1.51. The van der Waals surface area contributed by atoms with Crippen LogP contribution in [0.5, 0.6) is 11.5 Å². The highest BCUT2D eigenvalue weighted by atomic mass is 16.5. The molecule has 2 aromatic carbocycles. The summed E-state index contributed by atoms with van der Waals surface area (Å²) in [5.41, 5.74) is 3.47. The Morgan fingerprint density at radius 1 is 1.15 bits per heavy atom. The summed E-state index contributed by atoms with van der Waals surface area (Å²) in [6.45, 7) is 1.56. The zero-order valence-corrected chi connectivity index (χ0v) is 16.0. The first-order valence-corrected chi connectivity index (χ1v) is 8.99. The van der Waals surface area contributed by atoms with Crippen LogP contribution in [0.2, 0.25) is 0 Å². The minimum absolute atomic E-state index is 0.0109. The van der Waals surface area contributed by atoms with Crippen molar-refractivity contribution in [3.63, 3.8) is 0 Å². The highest BCUT2D eigenvalue weighted by Crippen LogP contribution is 2.27. The van der Waals surface area contributed by atoms with Crippen molar-refractivity contribution in [1.29, 1.82) is 0 Å². The van der Waals surface area contributed by atoms with Gasteiger partial charge in [-0.1, -0.05) is 30.3 Å². The highest BCUT2D eigenvalue weighted by molar-refractivity contribution is 5.73. The molecule has 2 aromatic rings. The number of amides is 2. The zero-order chi connectivity index (χ0) is 19.2. The summed E-state index contributed by atoms with van der Waals surface area (Å²) >= 11 is 0. The third-order valence-electron chi connectivity index (χ3n) is 4.76. The summed E-state index contributed by atoms with van der Waals surface area (Å²) in [5.74, 6) is 1.31. The van der Waals surface area contributed by atoms with Crippen molar-refractivity contribution in [3.8, 4) is 11.5 Å². The van der Waals surface area contributed by atoms with Gasteiger partial charge < -0.3 is 24.4 Å². The molecule has 144 valence electrons. The van der Waals surface area contributed by atoms with Crippen LogP contribution in [0.4, 0.5) is 4.79 Å². The third-order valence-corrected chi connectivity index (χ3v) is 4.76. The Hall–Kier alpha value is -2.73. The number of methoxy groups -OCH3 is 2. The van der Waals surface area contributed by atoms with Crippen LogP contribution in [0.1, 0.15) is 16.7 Å². The molecule has 0 aliphatic carbocycles. The van der Waals surface area contributed by atoms with Crippen molar-refractivity contribution >= 4 is 6.03 Å². The van der Waals surface area contributed by atoms with E-state index >= 15 is 0 Å². The first-order chi connectivity index (χ1) is 13.1. The number of hydrogen-bond donors (Lipinski definition) is 1. The lowest BCUT2D eigenvalue weighted by Gasteiger charge is -2.29. The monoisotopic (exact) mass is 370 g/mol. The van der Waals surface area contributed by atoms with E-state index < -0.39 is 0 Å². The molecule has 1 aliphatic heterocycles. The second-order valence-corrected chi connectivity index (χ2v) is 6.63. The molecular formula is C21H26N2O4. The number of carbonyl (C=O) groups is 1. The van der Waals surface area contributed by atoms with Gasteiger partial charge in [-0.05, 0) is 28.8 Å². The summed E-state index contributed by atoms with van der Waals surface area (Å²) < 4.78 is 16.4. The standard InChI is InChI=1S/C21H26N2O4/c1-23(13-18-11-16-6-4-5-7-17(16)14-27-18)21(24)22-12-15-8-9-19(25-2)20(10-15)26-3/h4-10,18H,11-14H2,1-3H3,(H,22,24). The van der Waals surface area contributed by atoms with E-state index in [1.54, 1.807) is 26.2 Å². The van der Waals surface area contributed by atoms with Crippen molar-refractivity contribution in [2.45, 2.75) is 25.7 Å². The predicted molar refractivity (Wildman–Crippen MR) is 103 cm³/mol. The van der Waals surface area contributed by atoms with E-state index in [2.05, 4.69) is 17.4 Å². The van der Waals surface area contributed by atoms with Gasteiger partial charge >= 0.3 is 6.03 Å². The molecule has 0 spiro atoms. The lowest BCUT2D eigenvalue weighted by Crippen LogP contribution is -2.43. The lowest BCUT2D eigenvalue weighted by molar-refractivity contribution is 0.0150. The molecule has 1 unspecified atom stereocenters. The van der Waals surface area contributed by atoms with Gasteiger partial charge in [-0.3, -0.25) is 0 Å². The molecule has 6 nitrogen and oxygen atoms in total. The molecule has 0 saturated carbocycles. The molecule has 1 atom stereocenters. The summed E-state index contributed by atoms with van der Waals surface area (Å²) in [6, 6.07) is 13.7. The molecule has 0 bridgehead atoms. The number of nitrogens with zero attached hydrogens (tertiary/aromatic N) is 1. The molecule has 0 fully saturated rings. The van der Waals surface area contributed by atoms with E-state index in [9.17, 15) is 4.79 Å². The van der Waals surface area contributed by atoms with Gasteiger partial charge in [0.05, 0.1) is 26.9 Å². The number of benzene rings is 2. The second kappa shape index (κ2) is 8.77. The van der Waals surface area contributed by atoms with E-state index in [0.29, 0.717) is 31.2 Å². The van der Waals surface area contributed by atoms with Crippen molar-refractivity contribution in [1.82, 2.24) is 10.2 Å². The molecular weight excluding hydrogens is 344 g/mol. The number of ether oxygens (including phenoxy) is 3. The van der Waals surface area contributed by atoms with Crippen LogP contribution in [0.3, 0.4) is 0 Å². The Morgan fingerprint density at radius 2 is 1.89 bits per heavy atom. The van der Waals surface area contributed by atoms with Crippen LogP contribution in [0.15, 0.2) is 42.5 Å². The highest BCUT2D eigenvalue weighted by Gasteiger charge is 2.22. The second-order valence-electron chi connectivity index (χ2n) is 6.63. The Bertz CT molecular complexity index is 794. The van der Waals surface area contributed by atoms with Gasteiger partial charge in [0.2, 0.25) is 0 Å². The number of urea groups is 1. The number of likely N-dealkylation sites (N-methyl/N-ethyl adjacent to an activating group) is 1. The first kappa shape index (κ1) is 19.0. The van der Waals surface area contributed by atoms with Gasteiger partial charge in [-0.15, -0.1) is 0 Å². The number of fused-ring (bicyclic) bond motifs is 1. The lowest BCUT2D eigenvalue weighted by atomic mass is 9.99. The van der Waals surface area contributed by atoms with E-state index in [4.69, 9.17) is 14.2 Å².